The SMILES string of the molecule is CC1(C)C=Cc2cc(C3CC(=O)c4ccc(OCc5cn(Cc6ccccc6)nn5)cc4O3)ccc2O1. The Bertz CT molecular complexity index is 1490. The van der Waals surface area contributed by atoms with Gasteiger partial charge in [-0.05, 0) is 55.3 Å². The van der Waals surface area contributed by atoms with E-state index in [1.54, 1.807) is 22.9 Å². The van der Waals surface area contributed by atoms with Crippen molar-refractivity contribution < 1.29 is 19.0 Å². The fourth-order valence-corrected chi connectivity index (χ4v) is 4.59. The first-order valence-corrected chi connectivity index (χ1v) is 12.3. The fraction of sp³-hybridized carbons (Fsp3) is 0.233. The second-order valence-electron chi connectivity index (χ2n) is 9.91. The minimum absolute atomic E-state index is 0.0484. The van der Waals surface area contributed by atoms with Gasteiger partial charge in [0.25, 0.3) is 0 Å². The number of nitrogens with zero attached hydrogens (tertiary/aromatic N) is 3. The highest BCUT2D eigenvalue weighted by molar-refractivity contribution is 6.00. The lowest BCUT2D eigenvalue weighted by Crippen LogP contribution is -2.27. The molecule has 1 aromatic heterocycles. The molecule has 37 heavy (non-hydrogen) atoms. The van der Waals surface area contributed by atoms with Crippen molar-refractivity contribution in [2.24, 2.45) is 0 Å². The molecule has 0 amide bonds. The minimum atomic E-state index is -0.373. The van der Waals surface area contributed by atoms with Gasteiger partial charge in [-0.15, -0.1) is 5.10 Å². The molecule has 4 aromatic rings. The number of carbonyl (C=O) groups excluding carboxylic acids is 1. The standard InChI is InChI=1S/C30H27N3O4/c1-30(2)13-12-22-14-21(8-11-27(22)37-30)28-16-26(34)25-10-9-24(15-29(25)36-28)35-19-23-18-33(32-31-23)17-20-6-4-3-5-7-20/h3-15,18,28H,16-17,19H2,1-2H3. The van der Waals surface area contributed by atoms with E-state index in [2.05, 4.69) is 28.5 Å². The zero-order valence-electron chi connectivity index (χ0n) is 20.8. The van der Waals surface area contributed by atoms with Crippen LogP contribution in [-0.2, 0) is 13.2 Å². The maximum absolute atomic E-state index is 12.9. The molecule has 0 radical (unpaired) electrons. The molecule has 3 aromatic carbocycles. The van der Waals surface area contributed by atoms with Gasteiger partial charge >= 0.3 is 0 Å². The van der Waals surface area contributed by atoms with E-state index in [0.29, 0.717) is 23.6 Å². The van der Waals surface area contributed by atoms with Crippen molar-refractivity contribution in [2.75, 3.05) is 0 Å². The highest BCUT2D eigenvalue weighted by atomic mass is 16.5. The number of hydrogen-bond donors (Lipinski definition) is 0. The van der Waals surface area contributed by atoms with Crippen molar-refractivity contribution in [1.82, 2.24) is 15.0 Å². The first-order chi connectivity index (χ1) is 17.9. The summed E-state index contributed by atoms with van der Waals surface area (Å²) in [5, 5.41) is 8.40. The van der Waals surface area contributed by atoms with Gasteiger partial charge in [-0.3, -0.25) is 4.79 Å². The van der Waals surface area contributed by atoms with Crippen LogP contribution >= 0.6 is 0 Å². The molecular formula is C30H27N3O4. The molecule has 0 saturated heterocycles. The van der Waals surface area contributed by atoms with Crippen LogP contribution in [0.4, 0.5) is 0 Å². The molecule has 0 N–H and O–H groups in total. The number of ether oxygens (including phenoxy) is 3. The third-order valence-corrected chi connectivity index (χ3v) is 6.50. The maximum Gasteiger partial charge on any atom is 0.170 e. The Morgan fingerprint density at radius 3 is 2.78 bits per heavy atom. The van der Waals surface area contributed by atoms with Crippen molar-refractivity contribution in [1.29, 1.82) is 0 Å². The third-order valence-electron chi connectivity index (χ3n) is 6.50. The van der Waals surface area contributed by atoms with Gasteiger partial charge in [0.1, 0.15) is 41.3 Å². The number of hydrogen-bond acceptors (Lipinski definition) is 6. The van der Waals surface area contributed by atoms with Crippen LogP contribution in [-0.4, -0.2) is 26.4 Å². The van der Waals surface area contributed by atoms with Gasteiger partial charge in [0, 0.05) is 11.6 Å². The summed E-state index contributed by atoms with van der Waals surface area (Å²) in [7, 11) is 0. The zero-order chi connectivity index (χ0) is 25.4. The van der Waals surface area contributed by atoms with Crippen LogP contribution in [0.5, 0.6) is 17.2 Å². The lowest BCUT2D eigenvalue weighted by atomic mass is 9.94. The summed E-state index contributed by atoms with van der Waals surface area (Å²) >= 11 is 0. The summed E-state index contributed by atoms with van der Waals surface area (Å²) < 4.78 is 20.1. The summed E-state index contributed by atoms with van der Waals surface area (Å²) in [6, 6.07) is 21.4. The molecular weight excluding hydrogens is 466 g/mol. The Kier molecular flexibility index (Phi) is 5.75. The number of carbonyl (C=O) groups is 1. The molecule has 1 atom stereocenters. The second-order valence-corrected chi connectivity index (χ2v) is 9.91. The molecule has 0 saturated carbocycles. The number of aromatic nitrogens is 3. The average molecular weight is 494 g/mol. The first-order valence-electron chi connectivity index (χ1n) is 12.3. The number of rotatable bonds is 6. The highest BCUT2D eigenvalue weighted by Crippen LogP contribution is 2.39. The summed E-state index contributed by atoms with van der Waals surface area (Å²) in [5.74, 6) is 2.01. The van der Waals surface area contributed by atoms with Gasteiger partial charge < -0.3 is 14.2 Å². The summed E-state index contributed by atoms with van der Waals surface area (Å²) in [5.41, 5.74) is 4.02. The smallest absolute Gasteiger partial charge is 0.170 e. The first kappa shape index (κ1) is 23.0. The highest BCUT2D eigenvalue weighted by Gasteiger charge is 2.29. The molecule has 2 aliphatic heterocycles. The van der Waals surface area contributed by atoms with Crippen molar-refractivity contribution in [3.05, 3.63) is 107 Å². The Balaban J connectivity index is 1.14. The molecule has 6 rings (SSSR count). The van der Waals surface area contributed by atoms with Gasteiger partial charge in [0.2, 0.25) is 0 Å². The van der Waals surface area contributed by atoms with Crippen molar-refractivity contribution >= 4 is 11.9 Å². The molecule has 7 heteroatoms. The van der Waals surface area contributed by atoms with Crippen molar-refractivity contribution in [3.63, 3.8) is 0 Å². The maximum atomic E-state index is 12.9. The lowest BCUT2D eigenvalue weighted by molar-refractivity contribution is 0.0849. The predicted molar refractivity (Wildman–Crippen MR) is 139 cm³/mol. The van der Waals surface area contributed by atoms with E-state index in [1.807, 2.05) is 62.5 Å². The summed E-state index contributed by atoms with van der Waals surface area (Å²) in [6.45, 7) is 4.95. The molecule has 0 spiro atoms. The fourth-order valence-electron chi connectivity index (χ4n) is 4.59. The Hall–Kier alpha value is -4.39. The molecule has 3 heterocycles. The molecule has 0 bridgehead atoms. The number of fused-ring (bicyclic) bond motifs is 2. The molecule has 1 unspecified atom stereocenters. The zero-order valence-corrected chi connectivity index (χ0v) is 20.8. The van der Waals surface area contributed by atoms with Gasteiger partial charge in [0.05, 0.1) is 24.7 Å². The van der Waals surface area contributed by atoms with Crippen LogP contribution in [0.25, 0.3) is 6.08 Å². The minimum Gasteiger partial charge on any atom is -0.487 e. The number of ketones is 1. The summed E-state index contributed by atoms with van der Waals surface area (Å²) in [4.78, 5) is 12.9. The monoisotopic (exact) mass is 493 g/mol. The predicted octanol–water partition coefficient (Wildman–Crippen LogP) is 5.80. The van der Waals surface area contributed by atoms with Crippen molar-refractivity contribution in [3.8, 4) is 17.2 Å². The van der Waals surface area contributed by atoms with Crippen LogP contribution in [0.3, 0.4) is 0 Å². The van der Waals surface area contributed by atoms with Crippen LogP contribution in [0.15, 0.2) is 79.0 Å². The Morgan fingerprint density at radius 2 is 1.92 bits per heavy atom. The van der Waals surface area contributed by atoms with Crippen LogP contribution in [0.1, 0.15) is 59.1 Å². The van der Waals surface area contributed by atoms with E-state index in [1.165, 1.54) is 0 Å². The number of Topliss-reactive ketones (excluding diaryl/α,β-unsaturated/α-hetero) is 1. The Labute approximate surface area is 215 Å². The molecule has 7 nitrogen and oxygen atoms in total. The molecule has 0 aliphatic carbocycles. The number of benzene rings is 3. The van der Waals surface area contributed by atoms with E-state index < -0.39 is 0 Å². The third kappa shape index (κ3) is 4.98. The van der Waals surface area contributed by atoms with Gasteiger partial charge in [-0.1, -0.05) is 47.7 Å². The second kappa shape index (κ2) is 9.24. The van der Waals surface area contributed by atoms with E-state index in [4.69, 9.17) is 14.2 Å². The molecule has 0 fully saturated rings. The quantitative estimate of drug-likeness (QED) is 0.338. The van der Waals surface area contributed by atoms with Gasteiger partial charge in [-0.25, -0.2) is 4.68 Å². The van der Waals surface area contributed by atoms with Gasteiger partial charge in [-0.2, -0.15) is 0 Å². The molecule has 186 valence electrons. The average Bonchev–Trinajstić information content (AvgIpc) is 3.34. The Morgan fingerprint density at radius 1 is 1.05 bits per heavy atom. The van der Waals surface area contributed by atoms with E-state index in [-0.39, 0.29) is 30.5 Å². The largest absolute Gasteiger partial charge is 0.487 e. The normalized spacial score (nSPS) is 17.4. The molecule has 2 aliphatic rings. The van der Waals surface area contributed by atoms with Crippen LogP contribution < -0.4 is 14.2 Å². The summed E-state index contributed by atoms with van der Waals surface area (Å²) in [6.07, 6.45) is 5.87. The van der Waals surface area contributed by atoms with E-state index >= 15 is 0 Å². The lowest BCUT2D eigenvalue weighted by Gasteiger charge is -2.30. The van der Waals surface area contributed by atoms with Gasteiger partial charge in [0.15, 0.2) is 5.78 Å². The van der Waals surface area contributed by atoms with E-state index in [9.17, 15) is 4.79 Å². The van der Waals surface area contributed by atoms with Crippen LogP contribution in [0.2, 0.25) is 0 Å². The van der Waals surface area contributed by atoms with Crippen LogP contribution in [0, 0.1) is 0 Å². The topological polar surface area (TPSA) is 75.5 Å². The van der Waals surface area contributed by atoms with E-state index in [0.717, 1.165) is 28.1 Å². The van der Waals surface area contributed by atoms with Crippen molar-refractivity contribution in [2.45, 2.75) is 45.1 Å².